The molecule has 3 rings (SSSR count). The van der Waals surface area contributed by atoms with E-state index in [-0.39, 0.29) is 23.7 Å². The first-order valence-corrected chi connectivity index (χ1v) is 15.5. The van der Waals surface area contributed by atoms with E-state index >= 15 is 0 Å². The summed E-state index contributed by atoms with van der Waals surface area (Å²) in [5.74, 6) is -1.86. The van der Waals surface area contributed by atoms with Gasteiger partial charge in [0.1, 0.15) is 0 Å². The molecule has 1 atom stereocenters. The Balaban J connectivity index is 0.000000503. The van der Waals surface area contributed by atoms with Crippen molar-refractivity contribution in [2.75, 3.05) is 33.5 Å². The molecule has 0 radical (unpaired) electrons. The third-order valence-corrected chi connectivity index (χ3v) is 6.52. The van der Waals surface area contributed by atoms with Crippen LogP contribution in [0, 0.1) is 0 Å². The lowest BCUT2D eigenvalue weighted by molar-refractivity contribution is -0.139. The molecule has 0 aromatic heterocycles. The van der Waals surface area contributed by atoms with E-state index in [2.05, 4.69) is 5.32 Å². The van der Waals surface area contributed by atoms with Gasteiger partial charge in [0.25, 0.3) is 10.1 Å². The van der Waals surface area contributed by atoms with Crippen molar-refractivity contribution in [3.05, 3.63) is 87.7 Å². The number of rotatable bonds is 9. The molecular formula is C26H33ClN2O12S2. The van der Waals surface area contributed by atoms with Gasteiger partial charge in [-0.1, -0.05) is 48.0 Å². The second-order valence-corrected chi connectivity index (χ2v) is 11.0. The molecule has 6 N–H and O–H groups in total. The van der Waals surface area contributed by atoms with Crippen molar-refractivity contribution in [3.63, 3.8) is 0 Å². The summed E-state index contributed by atoms with van der Waals surface area (Å²) in [5.41, 5.74) is 7.70. The highest BCUT2D eigenvalue weighted by molar-refractivity contribution is 7.85. The maximum absolute atomic E-state index is 12.9. The summed E-state index contributed by atoms with van der Waals surface area (Å²) in [6.07, 6.45) is 0. The molecule has 43 heavy (non-hydrogen) atoms. The number of carbonyl (C=O) groups excluding carboxylic acids is 2. The number of carbonyl (C=O) groups is 2. The van der Waals surface area contributed by atoms with Crippen LogP contribution in [0.2, 0.25) is 5.02 Å². The Hall–Kier alpha value is -3.35. The lowest BCUT2D eigenvalue weighted by Crippen LogP contribution is -2.35. The van der Waals surface area contributed by atoms with Gasteiger partial charge >= 0.3 is 22.3 Å². The molecule has 0 bridgehead atoms. The molecule has 0 fully saturated rings. The second kappa shape index (κ2) is 17.7. The zero-order chi connectivity index (χ0) is 32.8. The number of hydrogen-bond donors (Lipinski definition) is 5. The fourth-order valence-electron chi connectivity index (χ4n) is 3.71. The first-order chi connectivity index (χ1) is 20.1. The Kier molecular flexibility index (Phi) is 15.5. The van der Waals surface area contributed by atoms with Crippen molar-refractivity contribution in [1.82, 2.24) is 5.32 Å². The molecule has 2 aromatic carbocycles. The van der Waals surface area contributed by atoms with Gasteiger partial charge in [-0.05, 0) is 37.6 Å². The van der Waals surface area contributed by atoms with Crippen molar-refractivity contribution < 1.29 is 54.3 Å². The monoisotopic (exact) mass is 664 g/mol. The molecule has 1 heterocycles. The Bertz CT molecular complexity index is 1520. The minimum atomic E-state index is -4.67. The van der Waals surface area contributed by atoms with Gasteiger partial charge in [0.05, 0.1) is 54.6 Å². The highest BCUT2D eigenvalue weighted by Gasteiger charge is 2.39. The van der Waals surface area contributed by atoms with E-state index in [4.69, 9.17) is 53.6 Å². The molecular weight excluding hydrogens is 632 g/mol. The SMILES string of the molecule is CCOC(=O)C1=C(COCCN)NC(C)=C(C(=O)OC)C1c1ccccc1Cl.O=S(=O)(O)O.O=S(=O)(O)c1ccccc1. The van der Waals surface area contributed by atoms with Crippen LogP contribution in [0.4, 0.5) is 0 Å². The Morgan fingerprint density at radius 2 is 1.51 bits per heavy atom. The van der Waals surface area contributed by atoms with E-state index in [1.807, 2.05) is 0 Å². The van der Waals surface area contributed by atoms with Crippen LogP contribution in [-0.4, -0.2) is 75.9 Å². The Morgan fingerprint density at radius 3 is 1.98 bits per heavy atom. The Labute approximate surface area is 254 Å². The largest absolute Gasteiger partial charge is 0.466 e. The predicted molar refractivity (Wildman–Crippen MR) is 156 cm³/mol. The average Bonchev–Trinajstić information content (AvgIpc) is 2.92. The van der Waals surface area contributed by atoms with Crippen LogP contribution in [0.25, 0.3) is 0 Å². The van der Waals surface area contributed by atoms with Crippen molar-refractivity contribution in [1.29, 1.82) is 0 Å². The molecule has 0 saturated heterocycles. The smallest absolute Gasteiger partial charge is 0.394 e. The topological polar surface area (TPSA) is 229 Å². The van der Waals surface area contributed by atoms with Gasteiger partial charge in [-0.2, -0.15) is 16.8 Å². The van der Waals surface area contributed by atoms with E-state index in [0.29, 0.717) is 40.7 Å². The van der Waals surface area contributed by atoms with Gasteiger partial charge in [-0.15, -0.1) is 0 Å². The summed E-state index contributed by atoms with van der Waals surface area (Å²) in [6.45, 7) is 4.42. The summed E-state index contributed by atoms with van der Waals surface area (Å²) in [4.78, 5) is 25.4. The van der Waals surface area contributed by atoms with Crippen LogP contribution >= 0.6 is 11.6 Å². The molecule has 0 saturated carbocycles. The molecule has 17 heteroatoms. The number of ether oxygens (including phenoxy) is 3. The molecule has 2 aromatic rings. The summed E-state index contributed by atoms with van der Waals surface area (Å²) in [7, 11) is -7.38. The van der Waals surface area contributed by atoms with Crippen LogP contribution in [0.3, 0.4) is 0 Å². The van der Waals surface area contributed by atoms with Crippen LogP contribution in [0.1, 0.15) is 25.3 Å². The highest BCUT2D eigenvalue weighted by Crippen LogP contribution is 2.41. The number of benzene rings is 2. The molecule has 0 spiro atoms. The number of dihydropyridines is 1. The second-order valence-electron chi connectivity index (χ2n) is 8.30. The van der Waals surface area contributed by atoms with Gasteiger partial charge in [0.15, 0.2) is 0 Å². The third-order valence-electron chi connectivity index (χ3n) is 5.31. The van der Waals surface area contributed by atoms with E-state index in [1.54, 1.807) is 56.3 Å². The van der Waals surface area contributed by atoms with E-state index in [9.17, 15) is 18.0 Å². The summed E-state index contributed by atoms with van der Waals surface area (Å²) in [6, 6.07) is 14.5. The number of halogens is 1. The van der Waals surface area contributed by atoms with Gasteiger partial charge in [-0.25, -0.2) is 9.59 Å². The first-order valence-electron chi connectivity index (χ1n) is 12.3. The van der Waals surface area contributed by atoms with Crippen molar-refractivity contribution in [3.8, 4) is 0 Å². The van der Waals surface area contributed by atoms with Crippen molar-refractivity contribution in [2.45, 2.75) is 24.7 Å². The molecule has 14 nitrogen and oxygen atoms in total. The maximum atomic E-state index is 12.9. The van der Waals surface area contributed by atoms with Crippen LogP contribution in [0.15, 0.2) is 82.0 Å². The highest BCUT2D eigenvalue weighted by atomic mass is 35.5. The summed E-state index contributed by atoms with van der Waals surface area (Å²) in [5, 5.41) is 3.52. The number of hydrogen-bond acceptors (Lipinski definition) is 11. The standard InChI is InChI=1S/C20H25ClN2O5.C6H6O3S.H2O4S/c1-4-28-20(25)18-15(11-27-10-9-22)23-12(2)16(19(24)26-3)17(18)13-7-5-6-8-14(13)21;7-10(8,9)6-4-2-1-3-5-6;1-5(2,3)4/h5-8,17,23H,4,9-11,22H2,1-3H3;1-5H,(H,7,8,9);(H2,1,2,3,4). The molecule has 0 amide bonds. The van der Waals surface area contributed by atoms with E-state index in [0.717, 1.165) is 0 Å². The zero-order valence-corrected chi connectivity index (χ0v) is 25.8. The number of methoxy groups -OCH3 is 1. The summed E-state index contributed by atoms with van der Waals surface area (Å²) < 4.78 is 76.6. The predicted octanol–water partition coefficient (Wildman–Crippen LogP) is 2.55. The van der Waals surface area contributed by atoms with Crippen molar-refractivity contribution in [2.24, 2.45) is 5.73 Å². The van der Waals surface area contributed by atoms with Crippen LogP contribution < -0.4 is 11.1 Å². The van der Waals surface area contributed by atoms with Crippen molar-refractivity contribution >= 4 is 44.1 Å². The Morgan fingerprint density at radius 1 is 0.953 bits per heavy atom. The van der Waals surface area contributed by atoms with E-state index in [1.165, 1.54) is 19.2 Å². The molecule has 0 aliphatic carbocycles. The van der Waals surface area contributed by atoms with Gasteiger partial charge in [-0.3, -0.25) is 13.7 Å². The zero-order valence-electron chi connectivity index (χ0n) is 23.4. The molecule has 1 aliphatic rings. The number of esters is 2. The molecule has 1 aliphatic heterocycles. The third kappa shape index (κ3) is 12.8. The lowest BCUT2D eigenvalue weighted by Gasteiger charge is -2.31. The quantitative estimate of drug-likeness (QED) is 0.147. The van der Waals surface area contributed by atoms with Gasteiger partial charge < -0.3 is 25.3 Å². The fourth-order valence-corrected chi connectivity index (χ4v) is 4.46. The summed E-state index contributed by atoms with van der Waals surface area (Å²) >= 11 is 6.42. The van der Waals surface area contributed by atoms with Crippen LogP contribution in [0.5, 0.6) is 0 Å². The maximum Gasteiger partial charge on any atom is 0.394 e. The molecule has 238 valence electrons. The molecule has 1 unspecified atom stereocenters. The lowest BCUT2D eigenvalue weighted by atomic mass is 9.80. The number of nitrogens with two attached hydrogens (primary N) is 1. The number of nitrogens with one attached hydrogen (secondary N) is 1. The minimum Gasteiger partial charge on any atom is -0.466 e. The minimum absolute atomic E-state index is 0.0741. The van der Waals surface area contributed by atoms with Crippen LogP contribution in [-0.2, 0) is 44.3 Å². The van der Waals surface area contributed by atoms with Gasteiger partial charge in [0, 0.05) is 17.3 Å². The number of allylic oxidation sites excluding steroid dienone is 1. The first kappa shape index (κ1) is 37.7. The fraction of sp³-hybridized carbons (Fsp3) is 0.308. The van der Waals surface area contributed by atoms with Gasteiger partial charge in [0.2, 0.25) is 0 Å². The normalized spacial score (nSPS) is 14.8. The average molecular weight is 665 g/mol. The van der Waals surface area contributed by atoms with E-state index < -0.39 is 38.4 Å².